The molecule has 0 aliphatic rings. The van der Waals surface area contributed by atoms with E-state index in [2.05, 4.69) is 0 Å². The summed E-state index contributed by atoms with van der Waals surface area (Å²) in [5.74, 6) is 0. The van der Waals surface area contributed by atoms with E-state index in [0.717, 1.165) is 0 Å². The predicted molar refractivity (Wildman–Crippen MR) is 28.3 cm³/mol. The molecule has 6 heavy (non-hydrogen) atoms. The molecular formula is C3H8NOTl. The van der Waals surface area contributed by atoms with Gasteiger partial charge in [0, 0.05) is 0 Å². The zero-order valence-electron chi connectivity index (χ0n) is 1.93. The van der Waals surface area contributed by atoms with Gasteiger partial charge in [0.05, 0.1) is 0 Å². The van der Waals surface area contributed by atoms with Gasteiger partial charge in [0.2, 0.25) is 0 Å². The fraction of sp³-hybridized carbons (Fsp3) is 0.667. The van der Waals surface area contributed by atoms with E-state index in [4.69, 9.17) is 10.2 Å². The van der Waals surface area contributed by atoms with Gasteiger partial charge in [0.1, 0.15) is 0 Å². The van der Waals surface area contributed by atoms with Gasteiger partial charge in [-0.05, 0) is 6.08 Å². The minimum Gasteiger partial charge on any atom is -0.724 e. The van der Waals surface area contributed by atoms with Crippen molar-refractivity contribution < 1.29 is 4.79 Å². The molecule has 0 fully saturated rings. The first kappa shape index (κ1) is 33.4. The molecule has 0 aromatic carbocycles. The third-order valence-corrected chi connectivity index (χ3v) is 0. The first-order chi connectivity index (χ1) is 1.41. The van der Waals surface area contributed by atoms with Crippen LogP contribution in [0.15, 0.2) is 0 Å². The molecule has 3 heteroatoms. The van der Waals surface area contributed by atoms with Crippen LogP contribution in [0.3, 0.4) is 0 Å². The van der Waals surface area contributed by atoms with Crippen LogP contribution in [0.5, 0.6) is 0 Å². The molecule has 0 heterocycles. The molecule has 34 valence electrons. The summed E-state index contributed by atoms with van der Waals surface area (Å²) in [6.45, 7) is 0. The molecule has 0 radical (unpaired) electrons. The minimum atomic E-state index is 0. The number of hydrogen-bond donors (Lipinski definition) is 0. The third kappa shape index (κ3) is 514. The van der Waals surface area contributed by atoms with Gasteiger partial charge in [-0.15, -0.1) is 0 Å². The summed E-state index contributed by atoms with van der Waals surface area (Å²) >= 11 is 0. The molecule has 0 N–H and O–H groups in total. The monoisotopic (exact) mass is 279 g/mol. The Morgan fingerprint density at radius 2 is 1.33 bits per heavy atom. The van der Waals surface area contributed by atoms with Crippen molar-refractivity contribution in [3.8, 4) is 0 Å². The summed E-state index contributed by atoms with van der Waals surface area (Å²) in [6.07, 6.45) is 0.500. The third-order valence-electron chi connectivity index (χ3n) is 0. The molecule has 0 rings (SSSR count). The Morgan fingerprint density at radius 1 is 1.33 bits per heavy atom. The van der Waals surface area contributed by atoms with E-state index in [1.807, 2.05) is 0 Å². The Labute approximate surface area is 58.6 Å². The van der Waals surface area contributed by atoms with Crippen LogP contribution in [0.4, 0.5) is 0 Å². The minimum absolute atomic E-state index is 0. The van der Waals surface area contributed by atoms with Gasteiger partial charge in [0.25, 0.3) is 0 Å². The first-order valence-corrected chi connectivity index (χ1v) is 0.428. The predicted octanol–water partition coefficient (Wildman–Crippen LogP) is 0.783. The second-order valence-electron chi connectivity index (χ2n) is 0.0913. The van der Waals surface area contributed by atoms with Crippen LogP contribution in [-0.4, -0.2) is 33.4 Å². The molecule has 0 amide bonds. The van der Waals surface area contributed by atoms with Crippen molar-refractivity contribution in [3.63, 3.8) is 0 Å². The van der Waals surface area contributed by atoms with Crippen molar-refractivity contribution >= 4 is 33.4 Å². The Morgan fingerprint density at radius 3 is 1.33 bits per heavy atom. The van der Waals surface area contributed by atoms with E-state index in [-0.39, 0.29) is 42.2 Å². The largest absolute Gasteiger partial charge is 1.00 e. The van der Waals surface area contributed by atoms with E-state index in [0.29, 0.717) is 6.08 Å². The van der Waals surface area contributed by atoms with E-state index in [9.17, 15) is 0 Å². The number of nitrogens with zero attached hydrogens (tertiary/aromatic N) is 1. The fourth-order valence-corrected chi connectivity index (χ4v) is 0. The molecule has 0 aliphatic heterocycles. The molecule has 0 saturated carbocycles. The molecule has 0 atom stereocenters. The number of rotatable bonds is 0. The van der Waals surface area contributed by atoms with Crippen molar-refractivity contribution in [2.45, 2.75) is 14.9 Å². The molecule has 0 aromatic rings. The van der Waals surface area contributed by atoms with Crippen LogP contribution < -0.4 is 0 Å². The second kappa shape index (κ2) is 57.9. The van der Waals surface area contributed by atoms with E-state index < -0.39 is 0 Å². The second-order valence-corrected chi connectivity index (χ2v) is 0.0913. The molecule has 0 saturated heterocycles. The maximum atomic E-state index is 8.24. The molecule has 0 bridgehead atoms. The van der Waals surface area contributed by atoms with Crippen LogP contribution in [0.1, 0.15) is 14.9 Å². The molecule has 0 aliphatic carbocycles. The zero-order chi connectivity index (χ0) is 2.71. The van der Waals surface area contributed by atoms with Crippen molar-refractivity contribution in [2.24, 2.45) is 0 Å². The number of carbonyl (C=O) groups excluding carboxylic acids is 1. The summed E-state index contributed by atoms with van der Waals surface area (Å²) in [5.41, 5.74) is 0. The van der Waals surface area contributed by atoms with E-state index in [1.165, 1.54) is 0 Å². The molecule has 0 unspecified atom stereocenters. The van der Waals surface area contributed by atoms with Crippen LogP contribution in [0.2, 0.25) is 0 Å². The van der Waals surface area contributed by atoms with Gasteiger partial charge < -0.3 is 5.41 Å². The summed E-state index contributed by atoms with van der Waals surface area (Å²) in [4.78, 5) is 8.24. The maximum Gasteiger partial charge on any atom is 1.00 e. The fourth-order valence-electron chi connectivity index (χ4n) is 0. The van der Waals surface area contributed by atoms with Crippen molar-refractivity contribution in [3.05, 3.63) is 5.41 Å². The van der Waals surface area contributed by atoms with E-state index in [1.54, 1.807) is 0 Å². The van der Waals surface area contributed by atoms with Gasteiger partial charge in [-0.3, -0.25) is 4.79 Å². The summed E-state index contributed by atoms with van der Waals surface area (Å²) < 4.78 is 0. The normalized spacial score (nSPS) is 1.33. The Hall–Kier alpha value is 0.302. The Kier molecular flexibility index (Phi) is 322. The van der Waals surface area contributed by atoms with Crippen molar-refractivity contribution in [1.82, 2.24) is 0 Å². The smallest absolute Gasteiger partial charge is 0.724 e. The van der Waals surface area contributed by atoms with Crippen LogP contribution >= 0.6 is 0 Å². The molecule has 0 spiro atoms. The van der Waals surface area contributed by atoms with Crippen LogP contribution in [0, 0.1) is 0 Å². The van der Waals surface area contributed by atoms with E-state index >= 15 is 0 Å². The molecule has 0 aromatic heterocycles. The SMILES string of the molecule is C.C.[N-]=C=O.[Tl+]. The topological polar surface area (TPSA) is 39.4 Å². The van der Waals surface area contributed by atoms with Crippen LogP contribution in [0.25, 0.3) is 5.41 Å². The summed E-state index contributed by atoms with van der Waals surface area (Å²) in [7, 11) is 0. The van der Waals surface area contributed by atoms with Crippen LogP contribution in [-0.2, 0) is 4.79 Å². The van der Waals surface area contributed by atoms with Gasteiger partial charge in [-0.25, -0.2) is 0 Å². The van der Waals surface area contributed by atoms with Gasteiger partial charge in [0.15, 0.2) is 0 Å². The molecular weight excluding hydrogens is 270 g/mol. The Balaban J connectivity index is -0.00000000667. The maximum absolute atomic E-state index is 8.24. The standard InChI is InChI=1S/CNO.2CH4.Tl/c2-1-3;;;/h;2*1H4;/q-1;;;+1. The van der Waals surface area contributed by atoms with Gasteiger partial charge in [-0.2, -0.15) is 0 Å². The number of isocyanates is 1. The first-order valence-electron chi connectivity index (χ1n) is 0.428. The quantitative estimate of drug-likeness (QED) is 0.367. The van der Waals surface area contributed by atoms with Crippen molar-refractivity contribution in [2.75, 3.05) is 0 Å². The molecule has 2 nitrogen and oxygen atoms in total. The zero-order valence-corrected chi connectivity index (χ0v) is 6.42. The summed E-state index contributed by atoms with van der Waals surface area (Å²) in [5, 5.41) is 6.76. The Bertz CT molecular complexity index is 31.8. The summed E-state index contributed by atoms with van der Waals surface area (Å²) in [6, 6.07) is 0. The van der Waals surface area contributed by atoms with Gasteiger partial charge >= 0.3 is 27.3 Å². The number of hydrogen-bond acceptors (Lipinski definition) is 1. The average Bonchev–Trinajstić information content (AvgIpc) is 0.918. The average molecular weight is 278 g/mol. The van der Waals surface area contributed by atoms with Gasteiger partial charge in [-0.1, -0.05) is 14.9 Å². The van der Waals surface area contributed by atoms with Crippen molar-refractivity contribution in [1.29, 1.82) is 0 Å².